The minimum absolute atomic E-state index is 0.171. The number of allylic oxidation sites excluding steroid dienone is 3. The van der Waals surface area contributed by atoms with Crippen molar-refractivity contribution in [3.05, 3.63) is 118 Å². The van der Waals surface area contributed by atoms with Gasteiger partial charge in [-0.05, 0) is 54.2 Å². The van der Waals surface area contributed by atoms with Gasteiger partial charge in [0.25, 0.3) is 0 Å². The second-order valence-electron chi connectivity index (χ2n) is 14.3. The van der Waals surface area contributed by atoms with Gasteiger partial charge in [0.2, 0.25) is 11.8 Å². The molecular weight excluding hydrogens is 695 g/mol. The molecule has 3 aliphatic rings. The molecule has 0 saturated carbocycles. The molecule has 3 N–H and O–H groups in total. The fourth-order valence-corrected chi connectivity index (χ4v) is 7.24. The van der Waals surface area contributed by atoms with Crippen molar-refractivity contribution in [2.24, 2.45) is 10.8 Å². The SMILES string of the molecule is CC1(C)CC(=O)C2=C(C1)Nc1c(O)cccc1N(C(=O)CCC(=O)NC1C=CC=CC1(C)C(F)(F)F)C2c1ccc(OCc2ccccc2)cc1Cl. The van der Waals surface area contributed by atoms with E-state index in [-0.39, 0.29) is 46.5 Å². The van der Waals surface area contributed by atoms with Crippen LogP contribution in [0.15, 0.2) is 102 Å². The molecule has 1 aliphatic heterocycles. The van der Waals surface area contributed by atoms with Crippen molar-refractivity contribution in [2.75, 3.05) is 10.2 Å². The van der Waals surface area contributed by atoms with E-state index in [0.717, 1.165) is 18.6 Å². The van der Waals surface area contributed by atoms with Crippen molar-refractivity contribution < 1.29 is 37.4 Å². The number of fused-ring (bicyclic) bond motifs is 1. The van der Waals surface area contributed by atoms with Gasteiger partial charge < -0.3 is 20.5 Å². The summed E-state index contributed by atoms with van der Waals surface area (Å²) in [6.07, 6.45) is 0.0467. The van der Waals surface area contributed by atoms with Gasteiger partial charge in [0.1, 0.15) is 29.2 Å². The molecule has 2 amide bonds. The van der Waals surface area contributed by atoms with Gasteiger partial charge in [-0.1, -0.05) is 92.2 Å². The van der Waals surface area contributed by atoms with Gasteiger partial charge in [0.05, 0.1) is 17.8 Å². The summed E-state index contributed by atoms with van der Waals surface area (Å²) in [6, 6.07) is 16.7. The van der Waals surface area contributed by atoms with Crippen LogP contribution < -0.4 is 20.3 Å². The first-order chi connectivity index (χ1) is 24.6. The van der Waals surface area contributed by atoms with Gasteiger partial charge in [-0.3, -0.25) is 19.3 Å². The fraction of sp³-hybridized carbons (Fsp3) is 0.325. The number of benzene rings is 3. The number of hydrogen-bond donors (Lipinski definition) is 3. The normalized spacial score (nSPS) is 22.2. The Bertz CT molecular complexity index is 1990. The van der Waals surface area contributed by atoms with E-state index in [1.807, 2.05) is 44.2 Å². The number of para-hydroxylation sites is 1. The van der Waals surface area contributed by atoms with E-state index >= 15 is 0 Å². The van der Waals surface area contributed by atoms with Crippen molar-refractivity contribution in [2.45, 2.75) is 71.3 Å². The molecule has 3 aromatic carbocycles. The summed E-state index contributed by atoms with van der Waals surface area (Å²) in [7, 11) is 0. The zero-order valence-electron chi connectivity index (χ0n) is 28.9. The van der Waals surface area contributed by atoms with E-state index in [1.165, 1.54) is 29.2 Å². The first-order valence-corrected chi connectivity index (χ1v) is 17.3. The second kappa shape index (κ2) is 14.2. The predicted octanol–water partition coefficient (Wildman–Crippen LogP) is 8.73. The summed E-state index contributed by atoms with van der Waals surface area (Å²) in [6.45, 7) is 5.19. The minimum Gasteiger partial charge on any atom is -0.506 e. The Kier molecular flexibility index (Phi) is 10.0. The molecule has 272 valence electrons. The lowest BCUT2D eigenvalue weighted by atomic mass is 9.73. The number of hydrogen-bond acceptors (Lipinski definition) is 6. The molecule has 3 aromatic rings. The standard InChI is InChI=1S/C40H39ClF3N3O5/c1-38(2)21-28-35(31(49)22-38)37(26-16-15-25(20-27(26)41)52-23-24-10-5-4-6-11-24)47(29-12-9-13-30(48)36(29)45-28)34(51)18-17-33(50)46-32-14-7-8-19-39(32,3)40(42,43)44/h4-16,19-20,32,37,45,48H,17-18,21-23H2,1-3H3,(H,46,50). The Morgan fingerprint density at radius 3 is 2.48 bits per heavy atom. The molecule has 3 unspecified atom stereocenters. The number of anilines is 2. The van der Waals surface area contributed by atoms with Crippen LogP contribution in [0.1, 0.15) is 63.6 Å². The summed E-state index contributed by atoms with van der Waals surface area (Å²) < 4.78 is 48.0. The Hall–Kier alpha value is -5.03. The van der Waals surface area contributed by atoms with Gasteiger partial charge in [-0.2, -0.15) is 13.2 Å². The van der Waals surface area contributed by atoms with Crippen molar-refractivity contribution in [1.29, 1.82) is 0 Å². The van der Waals surface area contributed by atoms with Crippen LogP contribution in [0.3, 0.4) is 0 Å². The van der Waals surface area contributed by atoms with E-state index in [1.54, 1.807) is 30.3 Å². The number of halogens is 4. The summed E-state index contributed by atoms with van der Waals surface area (Å²) in [5.41, 5.74) is -0.198. The molecule has 0 spiro atoms. The third kappa shape index (κ3) is 7.32. The van der Waals surface area contributed by atoms with Crippen molar-refractivity contribution in [3.63, 3.8) is 0 Å². The van der Waals surface area contributed by atoms with Crippen molar-refractivity contribution in [1.82, 2.24) is 5.32 Å². The molecule has 52 heavy (non-hydrogen) atoms. The quantitative estimate of drug-likeness (QED) is 0.200. The molecule has 8 nitrogen and oxygen atoms in total. The highest BCUT2D eigenvalue weighted by Gasteiger charge is 2.54. The third-order valence-corrected chi connectivity index (χ3v) is 10.1. The van der Waals surface area contributed by atoms with E-state index in [2.05, 4.69) is 10.6 Å². The number of nitrogens with one attached hydrogen (secondary N) is 2. The monoisotopic (exact) mass is 733 g/mol. The van der Waals surface area contributed by atoms with Gasteiger partial charge in [-0.25, -0.2) is 0 Å². The van der Waals surface area contributed by atoms with Gasteiger partial charge >= 0.3 is 6.18 Å². The first-order valence-electron chi connectivity index (χ1n) is 16.9. The van der Waals surface area contributed by atoms with Crippen molar-refractivity contribution in [3.8, 4) is 11.5 Å². The number of phenols is 1. The number of ketones is 1. The van der Waals surface area contributed by atoms with Crippen LogP contribution in [0.25, 0.3) is 0 Å². The second-order valence-corrected chi connectivity index (χ2v) is 14.7. The summed E-state index contributed by atoms with van der Waals surface area (Å²) in [5, 5.41) is 17.0. The molecule has 1 heterocycles. The molecule has 6 rings (SSSR count). The van der Waals surface area contributed by atoms with E-state index in [4.69, 9.17) is 16.3 Å². The number of Topliss-reactive ketones (excluding diaryl/α,β-unsaturated/α-hetero) is 1. The Morgan fingerprint density at radius 1 is 1.02 bits per heavy atom. The highest BCUT2D eigenvalue weighted by molar-refractivity contribution is 6.31. The number of alkyl halides is 3. The zero-order valence-corrected chi connectivity index (χ0v) is 29.6. The molecule has 0 bridgehead atoms. The van der Waals surface area contributed by atoms with Crippen LogP contribution in [0.2, 0.25) is 5.02 Å². The number of aromatic hydroxyl groups is 1. The Balaban J connectivity index is 1.37. The van der Waals surface area contributed by atoms with Crippen LogP contribution in [-0.4, -0.2) is 34.9 Å². The maximum absolute atomic E-state index is 14.5. The molecule has 12 heteroatoms. The number of nitrogens with zero attached hydrogens (tertiary/aromatic N) is 1. The van der Waals surface area contributed by atoms with E-state index in [9.17, 15) is 32.7 Å². The van der Waals surface area contributed by atoms with Crippen LogP contribution in [-0.2, 0) is 21.0 Å². The molecule has 0 saturated heterocycles. The molecule has 0 aromatic heterocycles. The van der Waals surface area contributed by atoms with Crippen LogP contribution >= 0.6 is 11.6 Å². The van der Waals surface area contributed by atoms with E-state index in [0.29, 0.717) is 23.4 Å². The number of phenolic OH excluding ortho intramolecular Hbond substituents is 1. The average Bonchev–Trinajstić information content (AvgIpc) is 3.22. The predicted molar refractivity (Wildman–Crippen MR) is 193 cm³/mol. The number of amides is 2. The number of rotatable bonds is 8. The Labute approximate surface area is 305 Å². The lowest BCUT2D eigenvalue weighted by Gasteiger charge is -2.38. The number of ether oxygens (including phenoxy) is 1. The summed E-state index contributed by atoms with van der Waals surface area (Å²) in [4.78, 5) is 43.1. The molecule has 3 atom stereocenters. The topological polar surface area (TPSA) is 108 Å². The molecule has 0 fully saturated rings. The highest BCUT2D eigenvalue weighted by Crippen LogP contribution is 2.52. The smallest absolute Gasteiger partial charge is 0.399 e. The van der Waals surface area contributed by atoms with Gasteiger partial charge in [0, 0.05) is 35.6 Å². The largest absolute Gasteiger partial charge is 0.506 e. The lowest BCUT2D eigenvalue weighted by Crippen LogP contribution is -2.52. The number of carbonyl (C=O) groups is 3. The Morgan fingerprint density at radius 2 is 1.77 bits per heavy atom. The lowest BCUT2D eigenvalue weighted by molar-refractivity contribution is -0.205. The number of carbonyl (C=O) groups excluding carboxylic acids is 3. The fourth-order valence-electron chi connectivity index (χ4n) is 6.96. The third-order valence-electron chi connectivity index (χ3n) is 9.79. The summed E-state index contributed by atoms with van der Waals surface area (Å²) >= 11 is 6.97. The molecule has 0 radical (unpaired) electrons. The maximum Gasteiger partial charge on any atom is 0.399 e. The maximum atomic E-state index is 14.5. The minimum atomic E-state index is -4.64. The van der Waals surface area contributed by atoms with Crippen molar-refractivity contribution >= 4 is 40.6 Å². The molecule has 2 aliphatic carbocycles. The van der Waals surface area contributed by atoms with Gasteiger partial charge in [-0.15, -0.1) is 0 Å². The van der Waals surface area contributed by atoms with Crippen LogP contribution in [0, 0.1) is 10.8 Å². The first kappa shape index (κ1) is 36.8. The van der Waals surface area contributed by atoms with Gasteiger partial charge in [0.15, 0.2) is 5.78 Å². The van der Waals surface area contributed by atoms with Crippen LogP contribution in [0.4, 0.5) is 24.5 Å². The molecular formula is C40H39ClF3N3O5. The average molecular weight is 734 g/mol. The summed E-state index contributed by atoms with van der Waals surface area (Å²) in [5.74, 6) is -1.31. The van der Waals surface area contributed by atoms with Crippen LogP contribution in [0.5, 0.6) is 11.5 Å². The highest BCUT2D eigenvalue weighted by atomic mass is 35.5. The van der Waals surface area contributed by atoms with E-state index < -0.39 is 53.7 Å². The zero-order chi connectivity index (χ0) is 37.4.